The number of aromatic amines is 1. The predicted octanol–water partition coefficient (Wildman–Crippen LogP) is 3.18. The molecule has 0 aliphatic heterocycles. The number of nitrogens with zero attached hydrogens (tertiary/aromatic N) is 4. The quantitative estimate of drug-likeness (QED) is 0.406. The van der Waals surface area contributed by atoms with E-state index in [0.717, 1.165) is 10.1 Å². The summed E-state index contributed by atoms with van der Waals surface area (Å²) in [4.78, 5) is 47.5. The van der Waals surface area contributed by atoms with Gasteiger partial charge in [-0.2, -0.15) is 0 Å². The van der Waals surface area contributed by atoms with E-state index >= 15 is 0 Å². The molecule has 0 atom stereocenters. The number of nitrogens with one attached hydrogen (secondary N) is 1. The first-order valence-corrected chi connectivity index (χ1v) is 10.9. The molecular weight excluding hydrogens is 474 g/mol. The molecule has 0 fully saturated rings. The van der Waals surface area contributed by atoms with Crippen molar-refractivity contribution in [2.75, 3.05) is 0 Å². The third-order valence-corrected chi connectivity index (χ3v) is 5.24. The van der Waals surface area contributed by atoms with Crippen molar-refractivity contribution in [3.63, 3.8) is 0 Å². The smallest absolute Gasteiger partial charge is 0.354 e. The van der Waals surface area contributed by atoms with Gasteiger partial charge in [0.05, 0.1) is 12.2 Å². The predicted molar refractivity (Wildman–Crippen MR) is 128 cm³/mol. The summed E-state index contributed by atoms with van der Waals surface area (Å²) in [7, 11) is 0. The average molecular weight is 494 g/mol. The number of halogens is 1. The second-order valence-corrected chi connectivity index (χ2v) is 7.80. The number of carboxylic acid groups (broad SMARTS) is 1. The van der Waals surface area contributed by atoms with E-state index in [4.69, 9.17) is 21.4 Å². The van der Waals surface area contributed by atoms with Crippen LogP contribution in [0.4, 0.5) is 5.69 Å². The molecule has 2 N–H and O–H groups in total. The van der Waals surface area contributed by atoms with Crippen LogP contribution in [0.2, 0.25) is 5.02 Å². The van der Waals surface area contributed by atoms with Crippen LogP contribution in [0.5, 0.6) is 11.6 Å². The summed E-state index contributed by atoms with van der Waals surface area (Å²) in [6.45, 7) is 2.09. The Balaban J connectivity index is 1.68. The topological polar surface area (TPSA) is 132 Å². The van der Waals surface area contributed by atoms with Crippen LogP contribution in [0.1, 0.15) is 23.0 Å². The van der Waals surface area contributed by atoms with Gasteiger partial charge in [-0.05, 0) is 55.0 Å². The van der Waals surface area contributed by atoms with Gasteiger partial charge in [0.15, 0.2) is 5.69 Å². The highest BCUT2D eigenvalue weighted by Crippen LogP contribution is 2.22. The molecule has 0 saturated carbocycles. The fraction of sp³-hybridized carbons (Fsp3) is 0.125. The summed E-state index contributed by atoms with van der Waals surface area (Å²) in [5.41, 5.74) is 0.165. The third-order valence-electron chi connectivity index (χ3n) is 4.99. The van der Waals surface area contributed by atoms with Crippen molar-refractivity contribution in [2.24, 2.45) is 4.99 Å². The molecule has 0 saturated heterocycles. The molecule has 178 valence electrons. The molecule has 0 unspecified atom stereocenters. The second kappa shape index (κ2) is 10.2. The summed E-state index contributed by atoms with van der Waals surface area (Å²) in [5, 5.41) is 9.64. The van der Waals surface area contributed by atoms with Gasteiger partial charge < -0.3 is 9.84 Å². The van der Waals surface area contributed by atoms with Crippen LogP contribution in [-0.2, 0) is 13.1 Å². The molecular formula is C24H20ClN5O5. The lowest BCUT2D eigenvalue weighted by atomic mass is 10.2. The third kappa shape index (κ3) is 5.56. The number of hydrogen-bond acceptors (Lipinski definition) is 6. The van der Waals surface area contributed by atoms with Crippen LogP contribution >= 0.6 is 11.6 Å². The molecule has 2 heterocycles. The molecule has 0 aliphatic rings. The first-order chi connectivity index (χ1) is 16.8. The van der Waals surface area contributed by atoms with Gasteiger partial charge in [-0.1, -0.05) is 29.8 Å². The van der Waals surface area contributed by atoms with Crippen molar-refractivity contribution < 1.29 is 14.6 Å². The van der Waals surface area contributed by atoms with Gasteiger partial charge >= 0.3 is 17.3 Å². The number of carbonyl (C=O) groups is 1. The first-order valence-electron chi connectivity index (χ1n) is 10.6. The number of aromatic nitrogens is 4. The standard InChI is InChI=1S/C24H20ClN5O5/c1-2-29-23(33)28-22(30(24(29)34)14-15-6-8-16(25)9-7-15)26-17-10-12-18(13-11-17)35-20-5-3-4-19(27-20)21(31)32/h3-13H,2,14H2,1H3,(H,31,32)(H,26,28,33). The Hall–Kier alpha value is -4.44. The molecule has 2 aromatic carbocycles. The minimum Gasteiger partial charge on any atom is -0.477 e. The van der Waals surface area contributed by atoms with E-state index in [9.17, 15) is 14.4 Å². The van der Waals surface area contributed by atoms with Gasteiger partial charge in [-0.3, -0.25) is 9.55 Å². The maximum absolute atomic E-state index is 13.0. The molecule has 0 aliphatic carbocycles. The van der Waals surface area contributed by atoms with E-state index in [1.54, 1.807) is 55.5 Å². The lowest BCUT2D eigenvalue weighted by Crippen LogP contribution is -2.49. The normalized spacial score (nSPS) is 11.4. The van der Waals surface area contributed by atoms with E-state index in [-0.39, 0.29) is 30.3 Å². The van der Waals surface area contributed by atoms with Gasteiger partial charge in [-0.15, -0.1) is 0 Å². The lowest BCUT2D eigenvalue weighted by molar-refractivity contribution is 0.0689. The fourth-order valence-electron chi connectivity index (χ4n) is 3.26. The molecule has 4 rings (SSSR count). The minimum absolute atomic E-state index is 0.0872. The summed E-state index contributed by atoms with van der Waals surface area (Å²) >= 11 is 5.96. The van der Waals surface area contributed by atoms with Crippen LogP contribution in [0, 0.1) is 0 Å². The van der Waals surface area contributed by atoms with E-state index in [0.29, 0.717) is 16.5 Å². The van der Waals surface area contributed by atoms with Gasteiger partial charge in [0.25, 0.3) is 0 Å². The number of ether oxygens (including phenoxy) is 1. The maximum Gasteiger partial charge on any atom is 0.354 e. The van der Waals surface area contributed by atoms with Crippen LogP contribution in [0.25, 0.3) is 0 Å². The second-order valence-electron chi connectivity index (χ2n) is 7.37. The van der Waals surface area contributed by atoms with Gasteiger partial charge in [0.2, 0.25) is 11.5 Å². The van der Waals surface area contributed by atoms with E-state index in [2.05, 4.69) is 15.0 Å². The zero-order valence-corrected chi connectivity index (χ0v) is 19.3. The number of rotatable bonds is 7. The number of H-pyrrole nitrogens is 1. The SMILES string of the molecule is CCn1c(=O)[nH]/c(=N\c2ccc(Oc3cccc(C(=O)O)n3)cc2)n(Cc2ccc(Cl)cc2)c1=O. The zero-order valence-electron chi connectivity index (χ0n) is 18.5. The summed E-state index contributed by atoms with van der Waals surface area (Å²) < 4.78 is 8.07. The van der Waals surface area contributed by atoms with Crippen LogP contribution < -0.4 is 21.7 Å². The minimum atomic E-state index is -1.16. The Morgan fingerprint density at radius 1 is 1.06 bits per heavy atom. The zero-order chi connectivity index (χ0) is 24.9. The molecule has 0 amide bonds. The van der Waals surface area contributed by atoms with Gasteiger partial charge in [0, 0.05) is 17.6 Å². The summed E-state index contributed by atoms with van der Waals surface area (Å²) in [5.74, 6) is -0.624. The number of benzene rings is 2. The molecule has 0 spiro atoms. The van der Waals surface area contributed by atoms with Crippen molar-refractivity contribution in [3.05, 3.63) is 110 Å². The average Bonchev–Trinajstić information content (AvgIpc) is 2.84. The highest BCUT2D eigenvalue weighted by Gasteiger charge is 2.10. The number of hydrogen-bond donors (Lipinski definition) is 2. The lowest BCUT2D eigenvalue weighted by Gasteiger charge is -2.10. The molecule has 4 aromatic rings. The van der Waals surface area contributed by atoms with E-state index < -0.39 is 17.3 Å². The Kier molecular flexibility index (Phi) is 6.93. The largest absolute Gasteiger partial charge is 0.477 e. The van der Waals surface area contributed by atoms with E-state index in [1.165, 1.54) is 22.8 Å². The highest BCUT2D eigenvalue weighted by atomic mass is 35.5. The van der Waals surface area contributed by atoms with Crippen LogP contribution in [0.3, 0.4) is 0 Å². The van der Waals surface area contributed by atoms with Crippen molar-refractivity contribution in [2.45, 2.75) is 20.0 Å². The van der Waals surface area contributed by atoms with Crippen molar-refractivity contribution in [1.82, 2.24) is 19.1 Å². The molecule has 2 aromatic heterocycles. The Bertz CT molecular complexity index is 1550. The monoisotopic (exact) mass is 493 g/mol. The van der Waals surface area contributed by atoms with Crippen LogP contribution in [-0.4, -0.2) is 30.2 Å². The van der Waals surface area contributed by atoms with Gasteiger partial charge in [0.1, 0.15) is 5.75 Å². The molecule has 0 radical (unpaired) electrons. The highest BCUT2D eigenvalue weighted by molar-refractivity contribution is 6.30. The van der Waals surface area contributed by atoms with Crippen molar-refractivity contribution >= 4 is 23.3 Å². The number of pyridine rings is 1. The van der Waals surface area contributed by atoms with Gasteiger partial charge in [-0.25, -0.2) is 28.9 Å². The van der Waals surface area contributed by atoms with Crippen molar-refractivity contribution in [3.8, 4) is 11.6 Å². The molecule has 0 bridgehead atoms. The Labute approximate surface area is 203 Å². The maximum atomic E-state index is 13.0. The summed E-state index contributed by atoms with van der Waals surface area (Å²) in [6, 6.07) is 17.9. The van der Waals surface area contributed by atoms with Crippen molar-refractivity contribution in [1.29, 1.82) is 0 Å². The number of carboxylic acids is 1. The van der Waals surface area contributed by atoms with E-state index in [1.807, 2.05) is 0 Å². The Morgan fingerprint density at radius 2 is 1.77 bits per heavy atom. The molecule has 11 heteroatoms. The fourth-order valence-corrected chi connectivity index (χ4v) is 3.38. The molecule has 10 nitrogen and oxygen atoms in total. The summed E-state index contributed by atoms with van der Waals surface area (Å²) in [6.07, 6.45) is 0. The number of aromatic carboxylic acids is 1. The Morgan fingerprint density at radius 3 is 2.43 bits per heavy atom. The molecule has 35 heavy (non-hydrogen) atoms. The van der Waals surface area contributed by atoms with Crippen LogP contribution in [0.15, 0.2) is 81.3 Å². The first kappa shape index (κ1) is 23.7.